The van der Waals surface area contributed by atoms with E-state index in [0.29, 0.717) is 11.1 Å². The van der Waals surface area contributed by atoms with Crippen LogP contribution in [0.15, 0.2) is 65.1 Å². The van der Waals surface area contributed by atoms with Gasteiger partial charge in [-0.3, -0.25) is 19.3 Å². The fourth-order valence-electron chi connectivity index (χ4n) is 6.52. The van der Waals surface area contributed by atoms with Crippen LogP contribution in [0.25, 0.3) is 12.2 Å². The van der Waals surface area contributed by atoms with Gasteiger partial charge < -0.3 is 31.3 Å². The third-order valence-electron chi connectivity index (χ3n) is 8.42. The van der Waals surface area contributed by atoms with Crippen molar-refractivity contribution < 1.29 is 39.9 Å². The number of Topliss-reactive ketones (excluding diaryl/α,β-unsaturated/α-hetero) is 2. The monoisotopic (exact) mass is 546 g/mol. The standard InChI is InChI=1S/C30H30N2O8/c1-13-16-12-11-15(10-9-14-7-5-4-6-8-14)23(33)18(16)24(34)19-17(13)25(35)21-22(32(2)3)26(36)20(29(31)39)28(38)30(21,40)27(19)37/h4-13,17,21-22,25,33,35-37,40H,1-3H3,(H2,31,39)/b10-9+/t13-,17+,21+,22-,25-,30-/m0/s1. The molecule has 0 aliphatic heterocycles. The second kappa shape index (κ2) is 9.44. The summed E-state index contributed by atoms with van der Waals surface area (Å²) in [5, 5.41) is 56.9. The Balaban J connectivity index is 1.71. The van der Waals surface area contributed by atoms with E-state index in [1.54, 1.807) is 31.2 Å². The third-order valence-corrected chi connectivity index (χ3v) is 8.42. The van der Waals surface area contributed by atoms with E-state index in [4.69, 9.17) is 5.73 Å². The summed E-state index contributed by atoms with van der Waals surface area (Å²) in [7, 11) is 2.98. The van der Waals surface area contributed by atoms with Gasteiger partial charge in [0.25, 0.3) is 5.91 Å². The molecule has 3 aliphatic carbocycles. The number of aromatic hydroxyl groups is 1. The molecule has 0 aromatic heterocycles. The van der Waals surface area contributed by atoms with E-state index in [2.05, 4.69) is 0 Å². The number of primary amides is 1. The number of rotatable bonds is 4. The smallest absolute Gasteiger partial charge is 0.255 e. The molecule has 0 heterocycles. The third kappa shape index (κ3) is 3.64. The number of nitrogens with two attached hydrogens (primary N) is 1. The molecular weight excluding hydrogens is 516 g/mol. The molecule has 0 radical (unpaired) electrons. The predicted octanol–water partition coefficient (Wildman–Crippen LogP) is 1.82. The van der Waals surface area contributed by atoms with Crippen LogP contribution in [-0.2, 0) is 9.59 Å². The largest absolute Gasteiger partial charge is 0.510 e. The Morgan fingerprint density at radius 2 is 1.68 bits per heavy atom. The van der Waals surface area contributed by atoms with Crippen molar-refractivity contribution in [3.63, 3.8) is 0 Å². The van der Waals surface area contributed by atoms with Crippen LogP contribution < -0.4 is 5.73 Å². The van der Waals surface area contributed by atoms with Crippen molar-refractivity contribution in [2.24, 2.45) is 17.6 Å². The number of hydrogen-bond acceptors (Lipinski definition) is 9. The maximum atomic E-state index is 13.9. The molecule has 0 fully saturated rings. The van der Waals surface area contributed by atoms with E-state index in [9.17, 15) is 39.9 Å². The Labute approximate surface area is 230 Å². The van der Waals surface area contributed by atoms with Crippen LogP contribution in [0.5, 0.6) is 5.75 Å². The van der Waals surface area contributed by atoms with Gasteiger partial charge in [-0.2, -0.15) is 0 Å². The molecule has 2 aromatic rings. The predicted molar refractivity (Wildman–Crippen MR) is 145 cm³/mol. The zero-order chi connectivity index (χ0) is 29.3. The molecule has 10 heteroatoms. The number of aliphatic hydroxyl groups is 4. The van der Waals surface area contributed by atoms with E-state index < -0.39 is 75.6 Å². The summed E-state index contributed by atoms with van der Waals surface area (Å²) in [5.41, 5.74) is 2.49. The average Bonchev–Trinajstić information content (AvgIpc) is 2.90. The fourth-order valence-corrected chi connectivity index (χ4v) is 6.52. The van der Waals surface area contributed by atoms with Crippen molar-refractivity contribution in [3.8, 4) is 5.75 Å². The van der Waals surface area contributed by atoms with E-state index in [0.717, 1.165) is 5.56 Å². The molecule has 3 aliphatic rings. The molecule has 0 bridgehead atoms. The van der Waals surface area contributed by atoms with Gasteiger partial charge >= 0.3 is 0 Å². The molecule has 7 N–H and O–H groups in total. The molecule has 0 spiro atoms. The molecule has 10 nitrogen and oxygen atoms in total. The second-order valence-electron chi connectivity index (χ2n) is 10.8. The van der Waals surface area contributed by atoms with Gasteiger partial charge in [0.1, 0.15) is 22.8 Å². The Bertz CT molecular complexity index is 1540. The number of amides is 1. The van der Waals surface area contributed by atoms with Gasteiger partial charge in [-0.1, -0.05) is 61.5 Å². The van der Waals surface area contributed by atoms with Gasteiger partial charge in [0.05, 0.1) is 23.6 Å². The van der Waals surface area contributed by atoms with Gasteiger partial charge in [0, 0.05) is 17.1 Å². The van der Waals surface area contributed by atoms with Gasteiger partial charge in [0.15, 0.2) is 11.4 Å². The van der Waals surface area contributed by atoms with Crippen LogP contribution >= 0.6 is 0 Å². The first-order valence-corrected chi connectivity index (χ1v) is 12.8. The highest BCUT2D eigenvalue weighted by Gasteiger charge is 2.67. The summed E-state index contributed by atoms with van der Waals surface area (Å²) < 4.78 is 0. The van der Waals surface area contributed by atoms with E-state index in [1.807, 2.05) is 30.3 Å². The van der Waals surface area contributed by atoms with Crippen molar-refractivity contribution in [1.29, 1.82) is 0 Å². The minimum atomic E-state index is -2.94. The number of carbonyl (C=O) groups excluding carboxylic acids is 3. The van der Waals surface area contributed by atoms with E-state index in [-0.39, 0.29) is 11.3 Å². The van der Waals surface area contributed by atoms with Crippen molar-refractivity contribution in [2.75, 3.05) is 14.1 Å². The molecule has 1 amide bonds. The minimum Gasteiger partial charge on any atom is -0.510 e. The lowest BCUT2D eigenvalue weighted by Crippen LogP contribution is -2.68. The quantitative estimate of drug-likeness (QED) is 0.246. The minimum absolute atomic E-state index is 0.129. The lowest BCUT2D eigenvalue weighted by Gasteiger charge is -2.53. The van der Waals surface area contributed by atoms with E-state index in [1.165, 1.54) is 19.0 Å². The molecule has 208 valence electrons. The molecule has 0 saturated carbocycles. The van der Waals surface area contributed by atoms with Gasteiger partial charge in [-0.05, 0) is 31.1 Å². The van der Waals surface area contributed by atoms with Gasteiger partial charge in [0.2, 0.25) is 5.78 Å². The van der Waals surface area contributed by atoms with Crippen LogP contribution in [-0.4, -0.2) is 79.7 Å². The highest BCUT2D eigenvalue weighted by molar-refractivity contribution is 6.25. The number of carbonyl (C=O) groups is 3. The maximum absolute atomic E-state index is 13.9. The van der Waals surface area contributed by atoms with Crippen LogP contribution in [0.2, 0.25) is 0 Å². The van der Waals surface area contributed by atoms with Crippen molar-refractivity contribution in [1.82, 2.24) is 4.90 Å². The molecule has 2 aromatic carbocycles. The Hall–Kier alpha value is -4.25. The van der Waals surface area contributed by atoms with Crippen molar-refractivity contribution in [2.45, 2.75) is 30.6 Å². The summed E-state index contributed by atoms with van der Waals surface area (Å²) in [5.74, 6) is -9.08. The molecule has 0 saturated heterocycles. The second-order valence-corrected chi connectivity index (χ2v) is 10.8. The first kappa shape index (κ1) is 27.3. The summed E-state index contributed by atoms with van der Waals surface area (Å²) in [6, 6.07) is 11.3. The SMILES string of the molecule is C[C@H]1c2ccc(/C=C/c3ccccc3)c(O)c2C(=O)C2=C(O)[C@]3(O)C(=O)C(C(N)=O)=C(O)[C@@H](N(C)C)[C@@H]3[C@@H](O)[C@@H]21. The summed E-state index contributed by atoms with van der Waals surface area (Å²) in [4.78, 5) is 40.9. The number of hydrogen-bond donors (Lipinski definition) is 6. The van der Waals surface area contributed by atoms with Gasteiger partial charge in [-0.15, -0.1) is 0 Å². The lowest BCUT2D eigenvalue weighted by atomic mass is 9.55. The van der Waals surface area contributed by atoms with Gasteiger partial charge in [-0.25, -0.2) is 0 Å². The topological polar surface area (TPSA) is 182 Å². The molecular formula is C30H30N2O8. The number of ketones is 2. The zero-order valence-corrected chi connectivity index (χ0v) is 22.1. The molecule has 40 heavy (non-hydrogen) atoms. The Morgan fingerprint density at radius 3 is 2.27 bits per heavy atom. The summed E-state index contributed by atoms with van der Waals surface area (Å²) in [6.07, 6.45) is 1.75. The number of phenolic OH excluding ortho intramolecular Hbond substituents is 1. The highest BCUT2D eigenvalue weighted by atomic mass is 16.4. The van der Waals surface area contributed by atoms with Crippen molar-refractivity contribution >= 4 is 29.6 Å². The Kier molecular flexibility index (Phi) is 6.45. The number of likely N-dealkylation sites (N-methyl/N-ethyl adjacent to an activating group) is 1. The molecule has 6 atom stereocenters. The fraction of sp³-hybridized carbons (Fsp3) is 0.300. The number of nitrogens with zero attached hydrogens (tertiary/aromatic N) is 1. The highest BCUT2D eigenvalue weighted by Crippen LogP contribution is 2.55. The number of phenols is 1. The summed E-state index contributed by atoms with van der Waals surface area (Å²) >= 11 is 0. The first-order valence-electron chi connectivity index (χ1n) is 12.8. The molecule has 0 unspecified atom stereocenters. The van der Waals surface area contributed by atoms with E-state index >= 15 is 0 Å². The number of aliphatic hydroxyl groups excluding tert-OH is 3. The normalized spacial score (nSPS) is 30.0. The van der Waals surface area contributed by atoms with Crippen LogP contribution in [0.1, 0.15) is 39.9 Å². The van der Waals surface area contributed by atoms with Crippen LogP contribution in [0.4, 0.5) is 0 Å². The van der Waals surface area contributed by atoms with Crippen LogP contribution in [0, 0.1) is 11.8 Å². The summed E-state index contributed by atoms with van der Waals surface area (Å²) in [6.45, 7) is 1.69. The van der Waals surface area contributed by atoms with Crippen LogP contribution in [0.3, 0.4) is 0 Å². The number of fused-ring (bicyclic) bond motifs is 3. The number of benzene rings is 2. The Morgan fingerprint density at radius 1 is 1.02 bits per heavy atom. The lowest BCUT2D eigenvalue weighted by molar-refractivity contribution is -0.162. The first-order chi connectivity index (χ1) is 18.8. The average molecular weight is 547 g/mol. The maximum Gasteiger partial charge on any atom is 0.255 e. The molecule has 5 rings (SSSR count). The van der Waals surface area contributed by atoms with Crippen molar-refractivity contribution in [3.05, 3.63) is 87.4 Å². The zero-order valence-electron chi connectivity index (χ0n) is 22.1.